The monoisotopic (exact) mass is 396 g/mol. The maximum atomic E-state index is 13.7. The number of nitrogens with one attached hydrogen (secondary N) is 2. The molecule has 0 bridgehead atoms. The average molecular weight is 397 g/mol. The molecule has 0 unspecified atom stereocenters. The molecular weight excluding hydrogens is 374 g/mol. The lowest BCUT2D eigenvalue weighted by molar-refractivity contribution is -0.115. The first-order valence-corrected chi connectivity index (χ1v) is 9.23. The van der Waals surface area contributed by atoms with Gasteiger partial charge in [0.2, 0.25) is 5.91 Å². The molecule has 26 heavy (non-hydrogen) atoms. The lowest BCUT2D eigenvalue weighted by atomic mass is 9.98. The lowest BCUT2D eigenvalue weighted by Gasteiger charge is -2.19. The van der Waals surface area contributed by atoms with Crippen molar-refractivity contribution in [1.82, 2.24) is 5.32 Å². The van der Waals surface area contributed by atoms with Gasteiger partial charge in [0.15, 0.2) is 0 Å². The number of halogens is 3. The summed E-state index contributed by atoms with van der Waals surface area (Å²) < 4.78 is 13.7. The number of carbonyl (C=O) groups excluding carboxylic acids is 1. The molecular formula is C20H23Cl2FN2O. The summed E-state index contributed by atoms with van der Waals surface area (Å²) in [5, 5.41) is 6.38. The van der Waals surface area contributed by atoms with Crippen molar-refractivity contribution < 1.29 is 9.18 Å². The van der Waals surface area contributed by atoms with Crippen LogP contribution in [-0.4, -0.2) is 12.5 Å². The fourth-order valence-corrected chi connectivity index (χ4v) is 3.30. The van der Waals surface area contributed by atoms with E-state index in [-0.39, 0.29) is 23.5 Å². The van der Waals surface area contributed by atoms with Crippen LogP contribution < -0.4 is 10.6 Å². The fraction of sp³-hybridized carbons (Fsp3) is 0.350. The highest BCUT2D eigenvalue weighted by Crippen LogP contribution is 2.29. The first-order valence-electron chi connectivity index (χ1n) is 8.47. The van der Waals surface area contributed by atoms with Crippen LogP contribution in [0.5, 0.6) is 0 Å². The number of carbonyl (C=O) groups is 1. The quantitative estimate of drug-likeness (QED) is 0.600. The molecule has 3 nitrogen and oxygen atoms in total. The summed E-state index contributed by atoms with van der Waals surface area (Å²) >= 11 is 11.8. The zero-order valence-electron chi connectivity index (χ0n) is 15.3. The van der Waals surface area contributed by atoms with Crippen molar-refractivity contribution in [3.05, 3.63) is 62.9 Å². The second kappa shape index (κ2) is 8.85. The summed E-state index contributed by atoms with van der Waals surface area (Å²) in [6.07, 6.45) is 0. The van der Waals surface area contributed by atoms with E-state index >= 15 is 0 Å². The van der Waals surface area contributed by atoms with Crippen LogP contribution >= 0.6 is 23.2 Å². The normalized spacial score (nSPS) is 12.3. The van der Waals surface area contributed by atoms with Gasteiger partial charge in [-0.15, -0.1) is 0 Å². The molecule has 0 radical (unpaired) electrons. The number of rotatable bonds is 6. The Kier molecular flexibility index (Phi) is 7.04. The first kappa shape index (κ1) is 20.7. The van der Waals surface area contributed by atoms with Gasteiger partial charge in [0.05, 0.1) is 11.6 Å². The predicted octanol–water partition coefficient (Wildman–Crippen LogP) is 5.85. The van der Waals surface area contributed by atoms with Crippen molar-refractivity contribution in [2.75, 3.05) is 11.9 Å². The Labute approximate surface area is 163 Å². The minimum absolute atomic E-state index is 0.0236. The Bertz CT molecular complexity index is 809. The summed E-state index contributed by atoms with van der Waals surface area (Å²) in [5.74, 6) is -0.405. The molecule has 0 saturated heterocycles. The van der Waals surface area contributed by atoms with Crippen LogP contribution in [-0.2, 0) is 4.79 Å². The molecule has 2 N–H and O–H groups in total. The fourth-order valence-electron chi connectivity index (χ4n) is 2.75. The van der Waals surface area contributed by atoms with Crippen molar-refractivity contribution in [2.24, 2.45) is 0 Å². The van der Waals surface area contributed by atoms with Crippen LogP contribution in [0.4, 0.5) is 10.1 Å². The van der Waals surface area contributed by atoms with Gasteiger partial charge in [-0.25, -0.2) is 4.39 Å². The number of anilines is 1. The standard InChI is InChI=1S/C20H23Cl2FN2O/c1-11(2)14-7-5-6-12(3)20(14)25-19(26)10-24-13(4)15-8-18(23)17(22)9-16(15)21/h5-9,11,13,24H,10H2,1-4H3,(H,25,26)/t13-/m1/s1. The van der Waals surface area contributed by atoms with E-state index in [0.717, 1.165) is 16.8 Å². The highest BCUT2D eigenvalue weighted by Gasteiger charge is 2.16. The number of para-hydroxylation sites is 1. The number of aryl methyl sites for hydroxylation is 1. The third-order valence-electron chi connectivity index (χ3n) is 4.27. The Morgan fingerprint density at radius 3 is 2.46 bits per heavy atom. The van der Waals surface area contributed by atoms with Crippen LogP contribution in [0.25, 0.3) is 0 Å². The molecule has 0 fully saturated rings. The number of benzene rings is 2. The maximum absolute atomic E-state index is 13.7. The van der Waals surface area contributed by atoms with Crippen LogP contribution in [0.15, 0.2) is 30.3 Å². The summed E-state index contributed by atoms with van der Waals surface area (Å²) in [5.41, 5.74) is 3.51. The summed E-state index contributed by atoms with van der Waals surface area (Å²) in [6, 6.07) is 8.32. The van der Waals surface area contributed by atoms with E-state index in [4.69, 9.17) is 23.2 Å². The smallest absolute Gasteiger partial charge is 0.238 e. The Balaban J connectivity index is 2.05. The summed E-state index contributed by atoms with van der Waals surface area (Å²) in [6.45, 7) is 8.03. The number of hydrogen-bond acceptors (Lipinski definition) is 2. The molecule has 2 aromatic carbocycles. The molecule has 0 aromatic heterocycles. The van der Waals surface area contributed by atoms with Gasteiger partial charge >= 0.3 is 0 Å². The third-order valence-corrected chi connectivity index (χ3v) is 4.88. The second-order valence-electron chi connectivity index (χ2n) is 6.63. The van der Waals surface area contributed by atoms with Gasteiger partial charge in [-0.05, 0) is 48.6 Å². The van der Waals surface area contributed by atoms with Crippen molar-refractivity contribution in [1.29, 1.82) is 0 Å². The van der Waals surface area contributed by atoms with E-state index in [9.17, 15) is 9.18 Å². The van der Waals surface area contributed by atoms with Crippen LogP contribution in [0.1, 0.15) is 49.4 Å². The van der Waals surface area contributed by atoms with Gasteiger partial charge in [-0.3, -0.25) is 4.79 Å². The molecule has 0 heterocycles. The minimum atomic E-state index is -0.536. The van der Waals surface area contributed by atoms with Gasteiger partial charge in [-0.2, -0.15) is 0 Å². The van der Waals surface area contributed by atoms with Crippen LogP contribution in [0.2, 0.25) is 10.0 Å². The third kappa shape index (κ3) is 4.97. The van der Waals surface area contributed by atoms with Gasteiger partial charge in [0.1, 0.15) is 5.82 Å². The van der Waals surface area contributed by atoms with E-state index in [1.807, 2.05) is 32.0 Å². The van der Waals surface area contributed by atoms with Gasteiger partial charge < -0.3 is 10.6 Å². The molecule has 2 aromatic rings. The van der Waals surface area contributed by atoms with Gasteiger partial charge in [0, 0.05) is 16.8 Å². The van der Waals surface area contributed by atoms with Crippen molar-refractivity contribution in [2.45, 2.75) is 39.7 Å². The summed E-state index contributed by atoms with van der Waals surface area (Å²) in [7, 11) is 0. The molecule has 0 aliphatic carbocycles. The number of amides is 1. The maximum Gasteiger partial charge on any atom is 0.238 e. The molecule has 0 saturated carbocycles. The van der Waals surface area contributed by atoms with Gasteiger partial charge in [-0.1, -0.05) is 55.2 Å². The molecule has 0 spiro atoms. The van der Waals surface area contributed by atoms with Crippen molar-refractivity contribution in [3.8, 4) is 0 Å². The largest absolute Gasteiger partial charge is 0.324 e. The van der Waals surface area contributed by atoms with Gasteiger partial charge in [0.25, 0.3) is 0 Å². The Hall–Kier alpha value is -1.62. The molecule has 6 heteroatoms. The minimum Gasteiger partial charge on any atom is -0.324 e. The molecule has 2 rings (SSSR count). The van der Waals surface area contributed by atoms with E-state index in [0.29, 0.717) is 16.5 Å². The van der Waals surface area contributed by atoms with Crippen LogP contribution in [0, 0.1) is 12.7 Å². The zero-order valence-corrected chi connectivity index (χ0v) is 16.8. The second-order valence-corrected chi connectivity index (χ2v) is 7.45. The highest BCUT2D eigenvalue weighted by molar-refractivity contribution is 6.35. The number of hydrogen-bond donors (Lipinski definition) is 2. The predicted molar refractivity (Wildman–Crippen MR) is 107 cm³/mol. The highest BCUT2D eigenvalue weighted by atomic mass is 35.5. The van der Waals surface area contributed by atoms with E-state index < -0.39 is 5.82 Å². The zero-order chi connectivity index (χ0) is 19.4. The SMILES string of the molecule is Cc1cccc(C(C)C)c1NC(=O)CN[C@H](C)c1cc(F)c(Cl)cc1Cl. The Morgan fingerprint density at radius 2 is 1.81 bits per heavy atom. The van der Waals surface area contributed by atoms with Crippen molar-refractivity contribution >= 4 is 34.8 Å². The van der Waals surface area contributed by atoms with E-state index in [2.05, 4.69) is 24.5 Å². The first-order chi connectivity index (χ1) is 12.2. The molecule has 140 valence electrons. The molecule has 0 aliphatic heterocycles. The van der Waals surface area contributed by atoms with Crippen molar-refractivity contribution in [3.63, 3.8) is 0 Å². The lowest BCUT2D eigenvalue weighted by Crippen LogP contribution is -2.30. The van der Waals surface area contributed by atoms with E-state index in [1.165, 1.54) is 12.1 Å². The Morgan fingerprint density at radius 1 is 1.12 bits per heavy atom. The molecule has 0 aliphatic rings. The van der Waals surface area contributed by atoms with E-state index in [1.54, 1.807) is 0 Å². The molecule has 1 atom stereocenters. The molecule has 1 amide bonds. The average Bonchev–Trinajstić information content (AvgIpc) is 2.57. The van der Waals surface area contributed by atoms with Crippen LogP contribution in [0.3, 0.4) is 0 Å². The summed E-state index contributed by atoms with van der Waals surface area (Å²) in [4.78, 5) is 12.4. The topological polar surface area (TPSA) is 41.1 Å².